The van der Waals surface area contributed by atoms with E-state index in [9.17, 15) is 4.79 Å². The molecule has 0 bridgehead atoms. The molecule has 0 heterocycles. The number of benzene rings is 2. The van der Waals surface area contributed by atoms with Crippen molar-refractivity contribution in [2.45, 2.75) is 27.2 Å². The largest absolute Gasteiger partial charge is 0.493 e. The molecule has 2 aromatic carbocycles. The number of hydrogen-bond acceptors (Lipinski definition) is 2. The summed E-state index contributed by atoms with van der Waals surface area (Å²) < 4.78 is 5.87. The predicted molar refractivity (Wildman–Crippen MR) is 96.0 cm³/mol. The van der Waals surface area contributed by atoms with Crippen LogP contribution in [-0.4, -0.2) is 12.4 Å². The van der Waals surface area contributed by atoms with E-state index in [1.807, 2.05) is 42.5 Å². The quantitative estimate of drug-likeness (QED) is 0.520. The van der Waals surface area contributed by atoms with Crippen LogP contribution >= 0.6 is 0 Å². The molecular formula is C21H24O2. The van der Waals surface area contributed by atoms with Crippen LogP contribution in [0.5, 0.6) is 5.75 Å². The first-order valence-electron chi connectivity index (χ1n) is 8.13. The van der Waals surface area contributed by atoms with E-state index in [0.29, 0.717) is 18.1 Å². The molecule has 0 aliphatic heterocycles. The molecule has 23 heavy (non-hydrogen) atoms. The first kappa shape index (κ1) is 17.0. The van der Waals surface area contributed by atoms with Crippen LogP contribution < -0.4 is 4.74 Å². The second kappa shape index (κ2) is 8.33. The Bertz CT molecular complexity index is 669. The minimum Gasteiger partial charge on any atom is -0.493 e. The van der Waals surface area contributed by atoms with Crippen molar-refractivity contribution in [1.82, 2.24) is 0 Å². The zero-order chi connectivity index (χ0) is 16.7. The van der Waals surface area contributed by atoms with Gasteiger partial charge in [0.15, 0.2) is 5.78 Å². The van der Waals surface area contributed by atoms with E-state index in [-0.39, 0.29) is 5.78 Å². The van der Waals surface area contributed by atoms with Crippen LogP contribution in [0.2, 0.25) is 0 Å². The molecule has 2 aromatic rings. The van der Waals surface area contributed by atoms with Gasteiger partial charge in [-0.2, -0.15) is 0 Å². The number of aryl methyl sites for hydroxylation is 1. The molecule has 0 saturated heterocycles. The molecule has 120 valence electrons. The van der Waals surface area contributed by atoms with Crippen molar-refractivity contribution >= 4 is 11.9 Å². The molecule has 2 nitrogen and oxygen atoms in total. The van der Waals surface area contributed by atoms with E-state index in [1.54, 1.807) is 6.08 Å². The van der Waals surface area contributed by atoms with Crippen molar-refractivity contribution in [3.8, 4) is 5.75 Å². The fourth-order valence-corrected chi connectivity index (χ4v) is 2.20. The highest BCUT2D eigenvalue weighted by Gasteiger charge is 2.05. The van der Waals surface area contributed by atoms with Gasteiger partial charge in [-0.3, -0.25) is 4.79 Å². The molecule has 2 rings (SSSR count). The first-order valence-corrected chi connectivity index (χ1v) is 8.13. The summed E-state index contributed by atoms with van der Waals surface area (Å²) >= 11 is 0. The maximum Gasteiger partial charge on any atom is 0.185 e. The van der Waals surface area contributed by atoms with Crippen LogP contribution in [0.1, 0.15) is 42.3 Å². The highest BCUT2D eigenvalue weighted by Crippen LogP contribution is 2.23. The Morgan fingerprint density at radius 3 is 2.52 bits per heavy atom. The fraction of sp³-hybridized carbons (Fsp3) is 0.286. The lowest BCUT2D eigenvalue weighted by atomic mass is 10.1. The van der Waals surface area contributed by atoms with Crippen LogP contribution in [0.25, 0.3) is 6.08 Å². The molecule has 0 unspecified atom stereocenters. The lowest BCUT2D eigenvalue weighted by Crippen LogP contribution is -2.05. The zero-order valence-corrected chi connectivity index (χ0v) is 14.1. The minimum atomic E-state index is 0.00214. The van der Waals surface area contributed by atoms with Gasteiger partial charge < -0.3 is 4.74 Å². The van der Waals surface area contributed by atoms with E-state index in [0.717, 1.165) is 17.7 Å². The van der Waals surface area contributed by atoms with Gasteiger partial charge in [0.1, 0.15) is 5.75 Å². The molecule has 0 amide bonds. The Balaban J connectivity index is 2.22. The van der Waals surface area contributed by atoms with Crippen molar-refractivity contribution in [1.29, 1.82) is 0 Å². The van der Waals surface area contributed by atoms with E-state index in [1.165, 1.54) is 5.56 Å². The maximum absolute atomic E-state index is 12.2. The van der Waals surface area contributed by atoms with E-state index in [4.69, 9.17) is 4.74 Å². The van der Waals surface area contributed by atoms with Gasteiger partial charge in [0.05, 0.1) is 6.61 Å². The fourth-order valence-electron chi connectivity index (χ4n) is 2.20. The molecule has 0 fully saturated rings. The summed E-state index contributed by atoms with van der Waals surface area (Å²) in [7, 11) is 0. The molecule has 0 aliphatic rings. The molecular weight excluding hydrogens is 284 g/mol. The first-order chi connectivity index (χ1) is 11.1. The second-order valence-electron chi connectivity index (χ2n) is 5.99. The van der Waals surface area contributed by atoms with Crippen LogP contribution in [0.4, 0.5) is 0 Å². The van der Waals surface area contributed by atoms with Crippen molar-refractivity contribution in [2.24, 2.45) is 5.92 Å². The van der Waals surface area contributed by atoms with E-state index < -0.39 is 0 Å². The van der Waals surface area contributed by atoms with Crippen molar-refractivity contribution in [3.05, 3.63) is 71.3 Å². The maximum atomic E-state index is 12.2. The van der Waals surface area contributed by atoms with E-state index in [2.05, 4.69) is 32.9 Å². The SMILES string of the molecule is CCc1ccc(OCC(C)C)c(/C=C/C(=O)c2ccccc2)c1. The molecule has 2 heteroatoms. The Morgan fingerprint density at radius 2 is 1.87 bits per heavy atom. The Hall–Kier alpha value is -2.35. The molecule has 0 radical (unpaired) electrons. The molecule has 0 aromatic heterocycles. The number of rotatable bonds is 7. The number of ether oxygens (including phenoxy) is 1. The summed E-state index contributed by atoms with van der Waals surface area (Å²) in [6.07, 6.45) is 4.43. The molecule has 0 saturated carbocycles. The number of carbonyl (C=O) groups is 1. The molecule has 0 N–H and O–H groups in total. The Morgan fingerprint density at radius 1 is 1.13 bits per heavy atom. The smallest absolute Gasteiger partial charge is 0.185 e. The third-order valence-electron chi connectivity index (χ3n) is 3.53. The zero-order valence-electron chi connectivity index (χ0n) is 14.1. The Kier molecular flexibility index (Phi) is 6.16. The van der Waals surface area contributed by atoms with Crippen LogP contribution in [0.15, 0.2) is 54.6 Å². The second-order valence-corrected chi connectivity index (χ2v) is 5.99. The van der Waals surface area contributed by atoms with Gasteiger partial charge in [0.2, 0.25) is 0 Å². The summed E-state index contributed by atoms with van der Waals surface area (Å²) in [6, 6.07) is 15.5. The van der Waals surface area contributed by atoms with Crippen molar-refractivity contribution in [2.75, 3.05) is 6.61 Å². The summed E-state index contributed by atoms with van der Waals surface area (Å²) in [5.41, 5.74) is 2.88. The van der Waals surface area contributed by atoms with Gasteiger partial charge in [-0.15, -0.1) is 0 Å². The molecule has 0 atom stereocenters. The summed E-state index contributed by atoms with van der Waals surface area (Å²) in [4.78, 5) is 12.2. The monoisotopic (exact) mass is 308 g/mol. The van der Waals surface area contributed by atoms with Gasteiger partial charge in [0, 0.05) is 11.1 Å². The topological polar surface area (TPSA) is 26.3 Å². The number of hydrogen-bond donors (Lipinski definition) is 0. The van der Waals surface area contributed by atoms with Crippen LogP contribution in [0.3, 0.4) is 0 Å². The summed E-state index contributed by atoms with van der Waals surface area (Å²) in [5.74, 6) is 1.29. The lowest BCUT2D eigenvalue weighted by Gasteiger charge is -2.12. The van der Waals surface area contributed by atoms with Gasteiger partial charge in [-0.05, 0) is 42.2 Å². The third kappa shape index (κ3) is 5.10. The van der Waals surface area contributed by atoms with Crippen LogP contribution in [0, 0.1) is 5.92 Å². The third-order valence-corrected chi connectivity index (χ3v) is 3.53. The summed E-state index contributed by atoms with van der Waals surface area (Å²) in [6.45, 7) is 7.02. The lowest BCUT2D eigenvalue weighted by molar-refractivity contribution is 0.104. The van der Waals surface area contributed by atoms with E-state index >= 15 is 0 Å². The van der Waals surface area contributed by atoms with Gasteiger partial charge in [0.25, 0.3) is 0 Å². The molecule has 0 spiro atoms. The standard InChI is InChI=1S/C21H24O2/c1-4-17-10-13-21(23-15-16(2)3)19(14-17)11-12-20(22)18-8-6-5-7-9-18/h5-14,16H,4,15H2,1-3H3/b12-11+. The number of allylic oxidation sites excluding steroid dienone is 1. The van der Waals surface area contributed by atoms with Crippen molar-refractivity contribution in [3.63, 3.8) is 0 Å². The Labute approximate surface area is 138 Å². The van der Waals surface area contributed by atoms with Crippen LogP contribution in [-0.2, 0) is 6.42 Å². The van der Waals surface area contributed by atoms with Gasteiger partial charge in [-0.25, -0.2) is 0 Å². The minimum absolute atomic E-state index is 0.00214. The highest BCUT2D eigenvalue weighted by molar-refractivity contribution is 6.06. The highest BCUT2D eigenvalue weighted by atomic mass is 16.5. The normalized spacial score (nSPS) is 11.1. The predicted octanol–water partition coefficient (Wildman–Crippen LogP) is 5.18. The molecule has 0 aliphatic carbocycles. The van der Waals surface area contributed by atoms with Crippen molar-refractivity contribution < 1.29 is 9.53 Å². The summed E-state index contributed by atoms with van der Waals surface area (Å²) in [5, 5.41) is 0. The number of ketones is 1. The average molecular weight is 308 g/mol. The average Bonchev–Trinajstić information content (AvgIpc) is 2.58. The number of carbonyl (C=O) groups excluding carboxylic acids is 1. The van der Waals surface area contributed by atoms with Gasteiger partial charge in [-0.1, -0.05) is 57.2 Å². The van der Waals surface area contributed by atoms with Gasteiger partial charge >= 0.3 is 0 Å².